The van der Waals surface area contributed by atoms with Crippen molar-refractivity contribution in [2.75, 3.05) is 5.73 Å². The first kappa shape index (κ1) is 17.5. The first-order valence-electron chi connectivity index (χ1n) is 10.2. The molecule has 0 atom stereocenters. The van der Waals surface area contributed by atoms with E-state index in [0.717, 1.165) is 50.5 Å². The normalized spacial score (nSPS) is 11.5. The van der Waals surface area contributed by atoms with E-state index < -0.39 is 0 Å². The van der Waals surface area contributed by atoms with E-state index in [1.54, 1.807) is 0 Å². The molecule has 0 fully saturated rings. The number of hydrogen-bond acceptors (Lipinski definition) is 3. The van der Waals surface area contributed by atoms with Gasteiger partial charge in [-0.25, -0.2) is 9.97 Å². The number of H-pyrrole nitrogens is 2. The first-order valence-corrected chi connectivity index (χ1v) is 10.2. The topological polar surface area (TPSA) is 88.3 Å². The molecule has 0 saturated carbocycles. The van der Waals surface area contributed by atoms with Gasteiger partial charge in [-0.3, -0.25) is 0 Å². The number of rotatable bonds is 4. The van der Waals surface area contributed by atoms with E-state index in [4.69, 9.17) is 15.7 Å². The van der Waals surface area contributed by atoms with Crippen LogP contribution in [0.1, 0.15) is 5.82 Å². The number of aromatic amines is 2. The first-order chi connectivity index (χ1) is 15.3. The molecular formula is C25H20N6. The number of nitrogens with zero attached hydrogens (tertiary/aromatic N) is 3. The molecule has 3 aromatic carbocycles. The number of para-hydroxylation sites is 4. The molecule has 0 aliphatic carbocycles. The van der Waals surface area contributed by atoms with Crippen LogP contribution in [0.4, 0.5) is 5.82 Å². The van der Waals surface area contributed by atoms with Gasteiger partial charge in [0.1, 0.15) is 17.5 Å². The second kappa shape index (κ2) is 6.88. The fourth-order valence-corrected chi connectivity index (χ4v) is 4.08. The van der Waals surface area contributed by atoms with Gasteiger partial charge in [-0.1, -0.05) is 54.6 Å². The second-order valence-corrected chi connectivity index (χ2v) is 7.58. The third-order valence-electron chi connectivity index (χ3n) is 5.60. The molecule has 0 bridgehead atoms. The molecule has 6 heteroatoms. The number of nitrogens with one attached hydrogen (secondary N) is 2. The minimum absolute atomic E-state index is 0.533. The maximum Gasteiger partial charge on any atom is 0.142 e. The van der Waals surface area contributed by atoms with Crippen molar-refractivity contribution in [2.45, 2.75) is 6.54 Å². The van der Waals surface area contributed by atoms with Crippen molar-refractivity contribution < 1.29 is 0 Å². The highest BCUT2D eigenvalue weighted by Crippen LogP contribution is 2.35. The third-order valence-corrected chi connectivity index (χ3v) is 5.60. The van der Waals surface area contributed by atoms with E-state index >= 15 is 0 Å². The molecule has 0 aliphatic heterocycles. The average molecular weight is 404 g/mol. The summed E-state index contributed by atoms with van der Waals surface area (Å²) in [7, 11) is 0. The van der Waals surface area contributed by atoms with Crippen LogP contribution in [-0.4, -0.2) is 24.5 Å². The van der Waals surface area contributed by atoms with Gasteiger partial charge in [0, 0.05) is 0 Å². The van der Waals surface area contributed by atoms with Crippen LogP contribution in [0.15, 0.2) is 84.9 Å². The van der Waals surface area contributed by atoms with Crippen LogP contribution in [0.2, 0.25) is 0 Å². The van der Waals surface area contributed by atoms with Crippen LogP contribution in [0, 0.1) is 0 Å². The van der Waals surface area contributed by atoms with Crippen molar-refractivity contribution in [2.24, 2.45) is 0 Å². The number of hydrogen-bond donors (Lipinski definition) is 3. The molecule has 0 spiro atoms. The Kier molecular flexibility index (Phi) is 3.89. The van der Waals surface area contributed by atoms with Gasteiger partial charge in [0.05, 0.1) is 39.9 Å². The highest BCUT2D eigenvalue weighted by molar-refractivity contribution is 5.85. The molecule has 31 heavy (non-hydrogen) atoms. The molecule has 0 amide bonds. The quantitative estimate of drug-likeness (QED) is 0.377. The Balaban J connectivity index is 1.51. The van der Waals surface area contributed by atoms with Crippen LogP contribution in [0.5, 0.6) is 0 Å². The van der Waals surface area contributed by atoms with Crippen molar-refractivity contribution in [1.82, 2.24) is 24.5 Å². The molecule has 6 rings (SSSR count). The molecule has 0 saturated heterocycles. The van der Waals surface area contributed by atoms with E-state index in [-0.39, 0.29) is 0 Å². The molecule has 3 aromatic heterocycles. The molecule has 3 heterocycles. The van der Waals surface area contributed by atoms with Crippen LogP contribution in [0.3, 0.4) is 0 Å². The van der Waals surface area contributed by atoms with Gasteiger partial charge in [-0.2, -0.15) is 0 Å². The maximum atomic E-state index is 6.70. The summed E-state index contributed by atoms with van der Waals surface area (Å²) in [6, 6.07) is 28.4. The highest BCUT2D eigenvalue weighted by atomic mass is 15.1. The summed E-state index contributed by atoms with van der Waals surface area (Å²) in [5.41, 5.74) is 13.6. The lowest BCUT2D eigenvalue weighted by Crippen LogP contribution is -2.07. The molecule has 6 aromatic rings. The fourth-order valence-electron chi connectivity index (χ4n) is 4.08. The summed E-state index contributed by atoms with van der Waals surface area (Å²) < 4.78 is 2.09. The van der Waals surface area contributed by atoms with E-state index in [0.29, 0.717) is 12.4 Å². The van der Waals surface area contributed by atoms with Gasteiger partial charge < -0.3 is 20.3 Å². The van der Waals surface area contributed by atoms with Crippen molar-refractivity contribution in [1.29, 1.82) is 0 Å². The number of aromatic nitrogens is 5. The maximum absolute atomic E-state index is 6.70. The predicted octanol–water partition coefficient (Wildman–Crippen LogP) is 5.21. The van der Waals surface area contributed by atoms with Crippen molar-refractivity contribution in [3.8, 4) is 22.6 Å². The SMILES string of the molecule is Nc1c(-c2nc3ccccc3[nH]2)cc(-c2ccccc2)n1Cc1nc2ccccc2[nH]1. The average Bonchev–Trinajstić information content (AvgIpc) is 3.50. The van der Waals surface area contributed by atoms with Crippen LogP contribution in [0.25, 0.3) is 44.7 Å². The lowest BCUT2D eigenvalue weighted by atomic mass is 10.1. The minimum atomic E-state index is 0.533. The summed E-state index contributed by atoms with van der Waals surface area (Å²) in [4.78, 5) is 16.3. The number of benzene rings is 3. The Hall–Kier alpha value is -4.32. The molecule has 150 valence electrons. The minimum Gasteiger partial charge on any atom is -0.384 e. The standard InChI is InChI=1S/C25H20N6/c26-24-17(25-29-20-12-6-7-13-21(20)30-25)14-22(16-8-2-1-3-9-16)31(24)15-23-27-18-10-4-5-11-19(18)28-23/h1-14H,15,26H2,(H,27,28)(H,29,30). The zero-order valence-corrected chi connectivity index (χ0v) is 16.7. The van der Waals surface area contributed by atoms with Crippen molar-refractivity contribution in [3.63, 3.8) is 0 Å². The van der Waals surface area contributed by atoms with E-state index in [1.807, 2.05) is 66.7 Å². The van der Waals surface area contributed by atoms with Crippen molar-refractivity contribution in [3.05, 3.63) is 90.8 Å². The van der Waals surface area contributed by atoms with E-state index in [9.17, 15) is 0 Å². The number of fused-ring (bicyclic) bond motifs is 2. The monoisotopic (exact) mass is 404 g/mol. The van der Waals surface area contributed by atoms with Crippen LogP contribution in [-0.2, 0) is 6.54 Å². The van der Waals surface area contributed by atoms with Gasteiger partial charge in [0.15, 0.2) is 0 Å². The van der Waals surface area contributed by atoms with E-state index in [1.165, 1.54) is 0 Å². The predicted molar refractivity (Wildman–Crippen MR) is 125 cm³/mol. The van der Waals surface area contributed by atoms with Gasteiger partial charge in [-0.15, -0.1) is 0 Å². The Morgan fingerprint density at radius 3 is 2.10 bits per heavy atom. The number of nitrogens with two attached hydrogens (primary N) is 1. The smallest absolute Gasteiger partial charge is 0.142 e. The number of nitrogen functional groups attached to an aromatic ring is 1. The summed E-state index contributed by atoms with van der Waals surface area (Å²) in [6.45, 7) is 0.533. The molecular weight excluding hydrogens is 384 g/mol. The summed E-state index contributed by atoms with van der Waals surface area (Å²) in [5, 5.41) is 0. The lowest BCUT2D eigenvalue weighted by Gasteiger charge is -2.10. The fraction of sp³-hybridized carbons (Fsp3) is 0.0400. The van der Waals surface area contributed by atoms with Gasteiger partial charge in [0.2, 0.25) is 0 Å². The molecule has 0 unspecified atom stereocenters. The Labute approximate surface area is 178 Å². The van der Waals surface area contributed by atoms with Gasteiger partial charge in [0.25, 0.3) is 0 Å². The second-order valence-electron chi connectivity index (χ2n) is 7.58. The number of imidazole rings is 2. The molecule has 0 radical (unpaired) electrons. The highest BCUT2D eigenvalue weighted by Gasteiger charge is 2.19. The largest absolute Gasteiger partial charge is 0.384 e. The number of anilines is 1. The van der Waals surface area contributed by atoms with Gasteiger partial charge in [-0.05, 0) is 35.9 Å². The van der Waals surface area contributed by atoms with Gasteiger partial charge >= 0.3 is 0 Å². The third kappa shape index (κ3) is 2.97. The zero-order chi connectivity index (χ0) is 20.8. The summed E-state index contributed by atoms with van der Waals surface area (Å²) >= 11 is 0. The summed E-state index contributed by atoms with van der Waals surface area (Å²) in [5.74, 6) is 2.27. The Morgan fingerprint density at radius 1 is 0.742 bits per heavy atom. The molecule has 4 N–H and O–H groups in total. The zero-order valence-electron chi connectivity index (χ0n) is 16.7. The van der Waals surface area contributed by atoms with Crippen LogP contribution < -0.4 is 5.73 Å². The van der Waals surface area contributed by atoms with E-state index in [2.05, 4.69) is 32.7 Å². The van der Waals surface area contributed by atoms with Crippen molar-refractivity contribution >= 4 is 27.9 Å². The molecule has 6 nitrogen and oxygen atoms in total. The molecule has 0 aliphatic rings. The Bertz CT molecular complexity index is 1450. The Morgan fingerprint density at radius 2 is 1.39 bits per heavy atom. The van der Waals surface area contributed by atoms with Crippen LogP contribution >= 0.6 is 0 Å². The lowest BCUT2D eigenvalue weighted by molar-refractivity contribution is 0.782. The summed E-state index contributed by atoms with van der Waals surface area (Å²) in [6.07, 6.45) is 0.